The van der Waals surface area contributed by atoms with E-state index in [1.165, 1.54) is 0 Å². The summed E-state index contributed by atoms with van der Waals surface area (Å²) < 4.78 is 25.1. The minimum Gasteiger partial charge on any atom is 0 e. The molecule has 0 aromatic rings. The molecule has 0 aliphatic carbocycles. The van der Waals surface area contributed by atoms with Crippen molar-refractivity contribution < 1.29 is 47.7 Å². The van der Waals surface area contributed by atoms with Crippen LogP contribution in [0, 0.1) is 0 Å². The molecule has 102 valence electrons. The Morgan fingerprint density at radius 2 is 0.941 bits per heavy atom. The fraction of sp³-hybridized carbons (Fsp3) is 1.00. The van der Waals surface area contributed by atoms with Crippen LogP contribution in [0.1, 0.15) is 55.4 Å². The smallest absolute Gasteiger partial charge is 0 e. The second-order valence-corrected chi connectivity index (χ2v) is 13.6. The molecule has 0 atom stereocenters. The predicted octanol–water partition coefficient (Wildman–Crippen LogP) is 4.36. The summed E-state index contributed by atoms with van der Waals surface area (Å²) in [6.45, 7) is 15.4. The van der Waals surface area contributed by atoms with Gasteiger partial charge in [0.25, 0.3) is 0 Å². The minimum absolute atomic E-state index is 0. The first-order chi connectivity index (χ1) is 7.03. The molecule has 5 heteroatoms. The quantitative estimate of drug-likeness (QED) is 0.683. The summed E-state index contributed by atoms with van der Waals surface area (Å²) in [6.07, 6.45) is -0.143. The summed E-state index contributed by atoms with van der Waals surface area (Å²) in [4.78, 5) is 0. The Bertz CT molecular complexity index is 255. The topological polar surface area (TPSA) is 35.5 Å². The van der Waals surface area contributed by atoms with E-state index in [9.17, 15) is 3.32 Å². The predicted molar refractivity (Wildman–Crippen MR) is 63.3 cm³/mol. The molecule has 0 amide bonds. The van der Waals surface area contributed by atoms with Gasteiger partial charge in [-0.15, -0.1) is 0 Å². The molecule has 0 rings (SSSR count). The first-order valence-corrected chi connectivity index (χ1v) is 10.00. The minimum atomic E-state index is -4.59. The van der Waals surface area contributed by atoms with Crippen molar-refractivity contribution in [3.05, 3.63) is 0 Å². The van der Waals surface area contributed by atoms with Crippen molar-refractivity contribution >= 4 is 0 Å². The van der Waals surface area contributed by atoms with Crippen molar-refractivity contribution in [1.82, 2.24) is 0 Å². The zero-order chi connectivity index (χ0) is 13.2. The Morgan fingerprint density at radius 1 is 0.706 bits per heavy atom. The fourth-order valence-corrected chi connectivity index (χ4v) is 8.94. The molecule has 0 N–H and O–H groups in total. The molecule has 0 radical (unpaired) electrons. The van der Waals surface area contributed by atoms with Crippen molar-refractivity contribution in [3.8, 4) is 0 Å². The van der Waals surface area contributed by atoms with Crippen molar-refractivity contribution in [2.24, 2.45) is 0 Å². The Balaban J connectivity index is 0. The van der Waals surface area contributed by atoms with Gasteiger partial charge in [0, 0.05) is 21.7 Å². The van der Waals surface area contributed by atoms with Gasteiger partial charge in [-0.3, -0.25) is 0 Å². The second kappa shape index (κ2) is 7.07. The molecule has 3 nitrogen and oxygen atoms in total. The Kier molecular flexibility index (Phi) is 8.51. The molecule has 0 saturated carbocycles. The van der Waals surface area contributed by atoms with E-state index in [4.69, 9.17) is 6.64 Å². The molecule has 0 aliphatic rings. The number of hydrogen-bond donors (Lipinski definition) is 0. The van der Waals surface area contributed by atoms with E-state index in [1.807, 2.05) is 55.4 Å². The molecule has 0 saturated heterocycles. The summed E-state index contributed by atoms with van der Waals surface area (Å²) >= 11 is -4.59. The maximum Gasteiger partial charge on any atom is 0 e. The van der Waals surface area contributed by atoms with E-state index in [-0.39, 0.29) is 42.4 Å². The fourth-order valence-electron chi connectivity index (χ4n) is 2.17. The summed E-state index contributed by atoms with van der Waals surface area (Å²) in [7, 11) is 0. The second-order valence-electron chi connectivity index (χ2n) is 5.77. The summed E-state index contributed by atoms with van der Waals surface area (Å²) in [6, 6.07) is 0. The van der Waals surface area contributed by atoms with Gasteiger partial charge in [-0.25, -0.2) is 0 Å². The maximum absolute atomic E-state index is 13.4. The van der Waals surface area contributed by atoms with Gasteiger partial charge < -0.3 is 0 Å². The van der Waals surface area contributed by atoms with Crippen LogP contribution in [0.15, 0.2) is 0 Å². The number of hydrogen-bond acceptors (Lipinski definition) is 3. The van der Waals surface area contributed by atoms with Gasteiger partial charge in [0.1, 0.15) is 0 Å². The van der Waals surface area contributed by atoms with Crippen LogP contribution in [0.5, 0.6) is 0 Å². The van der Waals surface area contributed by atoms with E-state index in [1.54, 1.807) is 0 Å². The normalized spacial score (nSPS) is 13.7. The Labute approximate surface area is 123 Å². The van der Waals surface area contributed by atoms with Crippen LogP contribution >= 0.6 is 0 Å². The van der Waals surface area contributed by atoms with Crippen LogP contribution in [0.25, 0.3) is 0 Å². The van der Waals surface area contributed by atoms with Crippen LogP contribution in [0.3, 0.4) is 0 Å². The average Bonchev–Trinajstić information content (AvgIpc) is 1.99. The van der Waals surface area contributed by atoms with Crippen LogP contribution in [-0.4, -0.2) is 12.2 Å². The van der Waals surface area contributed by atoms with Gasteiger partial charge in [0.2, 0.25) is 0 Å². The third-order valence-electron chi connectivity index (χ3n) is 3.02. The van der Waals surface area contributed by atoms with Crippen LogP contribution < -0.4 is 0 Å². The third-order valence-corrected chi connectivity index (χ3v) is 12.4. The van der Waals surface area contributed by atoms with Gasteiger partial charge >= 0.3 is 102 Å². The standard InChI is InChI=1S/2C3H7O.2C3H7.O.2Ti/c2*1-3(2)4;2*1-3-2;;;/h2*3H,1-2H3;2*3H,1-2H3;;;/q2*-1;;;;;+2. The molecular weight excluding hydrogens is 288 g/mol. The molecule has 0 fully saturated rings. The summed E-state index contributed by atoms with van der Waals surface area (Å²) in [5.41, 5.74) is 0. The molecule has 0 aromatic carbocycles. The Hall–Kier alpha value is 1.15. The van der Waals surface area contributed by atoms with Crippen LogP contribution in [-0.2, 0) is 47.7 Å². The van der Waals surface area contributed by atoms with E-state index >= 15 is 0 Å². The van der Waals surface area contributed by atoms with Crippen molar-refractivity contribution in [2.75, 3.05) is 0 Å². The van der Waals surface area contributed by atoms with Crippen molar-refractivity contribution in [3.63, 3.8) is 0 Å². The van der Waals surface area contributed by atoms with Gasteiger partial charge in [-0.05, 0) is 0 Å². The van der Waals surface area contributed by atoms with Crippen molar-refractivity contribution in [2.45, 2.75) is 76.0 Å². The molecule has 0 unspecified atom stereocenters. The van der Waals surface area contributed by atoms with Crippen molar-refractivity contribution in [1.29, 1.82) is 0 Å². The van der Waals surface area contributed by atoms with Gasteiger partial charge in [-0.2, -0.15) is 0 Å². The van der Waals surface area contributed by atoms with E-state index in [0.717, 1.165) is 0 Å². The van der Waals surface area contributed by atoms with Gasteiger partial charge in [0.05, 0.1) is 0 Å². The monoisotopic (exact) mass is 316 g/mol. The molecule has 0 spiro atoms. The number of rotatable bonds is 6. The average molecular weight is 316 g/mol. The molecule has 0 heterocycles. The first kappa shape index (κ1) is 20.5. The first-order valence-electron chi connectivity index (χ1n) is 6.28. The molecule has 0 aromatic heterocycles. The largest absolute Gasteiger partial charge is 0 e. The van der Waals surface area contributed by atoms with E-state index in [0.29, 0.717) is 0 Å². The summed E-state index contributed by atoms with van der Waals surface area (Å²) in [5.74, 6) is 0. The molecule has 17 heavy (non-hydrogen) atoms. The molecule has 0 bridgehead atoms. The van der Waals surface area contributed by atoms with Crippen LogP contribution in [0.4, 0.5) is 0 Å². The SMILES string of the molecule is CC(C)[O][Ti](=[O])([O]C(C)C)([CH](C)C)[CH](C)C.[Ti]. The molecular formula is C12H28O3Ti2. The third kappa shape index (κ3) is 4.63. The summed E-state index contributed by atoms with van der Waals surface area (Å²) in [5, 5.41) is 0. The Morgan fingerprint density at radius 3 is 1.06 bits per heavy atom. The molecule has 0 aliphatic heterocycles. The van der Waals surface area contributed by atoms with Gasteiger partial charge in [0.15, 0.2) is 0 Å². The van der Waals surface area contributed by atoms with Gasteiger partial charge in [-0.1, -0.05) is 0 Å². The van der Waals surface area contributed by atoms with E-state index < -0.39 is 16.1 Å². The van der Waals surface area contributed by atoms with E-state index in [2.05, 4.69) is 0 Å². The zero-order valence-electron chi connectivity index (χ0n) is 12.5. The van der Waals surface area contributed by atoms with Crippen LogP contribution in [0.2, 0.25) is 8.45 Å². The zero-order valence-corrected chi connectivity index (χ0v) is 15.7. The maximum atomic E-state index is 13.4.